The normalized spacial score (nSPS) is 16.8. The van der Waals surface area contributed by atoms with E-state index in [0.717, 1.165) is 30.4 Å². The Morgan fingerprint density at radius 3 is 2.50 bits per heavy atom. The van der Waals surface area contributed by atoms with E-state index in [1.54, 1.807) is 39.1 Å². The monoisotopic (exact) mass is 473 g/mol. The quantitative estimate of drug-likeness (QED) is 0.575. The molecule has 2 aliphatic carbocycles. The molecule has 0 aromatic carbocycles. The van der Waals surface area contributed by atoms with Gasteiger partial charge in [-0.3, -0.25) is 4.79 Å². The molecule has 2 saturated carbocycles. The number of aromatic nitrogens is 3. The Labute approximate surface area is 198 Å². The van der Waals surface area contributed by atoms with Gasteiger partial charge in [0.2, 0.25) is 17.7 Å². The van der Waals surface area contributed by atoms with Crippen LogP contribution >= 0.6 is 0 Å². The summed E-state index contributed by atoms with van der Waals surface area (Å²) in [4.78, 5) is 30.0. The lowest BCUT2D eigenvalue weighted by molar-refractivity contribution is -0.120. The molecule has 0 bridgehead atoms. The Morgan fingerprint density at radius 1 is 1.24 bits per heavy atom. The van der Waals surface area contributed by atoms with Crippen molar-refractivity contribution < 1.29 is 23.5 Å². The van der Waals surface area contributed by atoms with Gasteiger partial charge in [-0.15, -0.1) is 0 Å². The predicted molar refractivity (Wildman–Crippen MR) is 123 cm³/mol. The van der Waals surface area contributed by atoms with Crippen LogP contribution in [0.1, 0.15) is 52.0 Å². The van der Waals surface area contributed by atoms with Gasteiger partial charge in [0.05, 0.1) is 19.9 Å². The number of rotatable bonds is 9. The molecule has 4 rings (SSSR count). The van der Waals surface area contributed by atoms with Crippen molar-refractivity contribution in [3.05, 3.63) is 36.0 Å². The average molecular weight is 474 g/mol. The Hall–Kier alpha value is -3.17. The minimum atomic E-state index is -0.809. The van der Waals surface area contributed by atoms with E-state index in [1.165, 1.54) is 13.3 Å². The molecule has 2 N–H and O–H groups in total. The summed E-state index contributed by atoms with van der Waals surface area (Å²) < 4.78 is 26.9. The standard InChI is InChI=1S/C24H32FN5O4/c1-24(2,3)34-23(32)29-19(18(14-7-8-14)15-9-10-15)21(31)28-17-12-27-30(20(17)25)13-16-6-5-11-26-22(16)33-4/h5-6,11-12,14-15,18-19H,7-10,13H2,1-4H3,(H,28,31)(H,29,32)/t19-/m0/s1. The van der Waals surface area contributed by atoms with E-state index in [4.69, 9.17) is 9.47 Å². The van der Waals surface area contributed by atoms with Gasteiger partial charge >= 0.3 is 6.09 Å². The number of alkyl carbamates (subject to hydrolysis) is 1. The molecule has 34 heavy (non-hydrogen) atoms. The highest BCUT2D eigenvalue weighted by Gasteiger charge is 2.48. The Balaban J connectivity index is 1.50. The number of anilines is 1. The van der Waals surface area contributed by atoms with Gasteiger partial charge in [0.25, 0.3) is 0 Å². The van der Waals surface area contributed by atoms with E-state index >= 15 is 4.39 Å². The van der Waals surface area contributed by atoms with Crippen molar-refractivity contribution >= 4 is 17.7 Å². The lowest BCUT2D eigenvalue weighted by atomic mass is 9.88. The largest absolute Gasteiger partial charge is 0.481 e. The first-order valence-corrected chi connectivity index (χ1v) is 11.7. The molecule has 0 saturated heterocycles. The topological polar surface area (TPSA) is 107 Å². The minimum absolute atomic E-state index is 0.00489. The van der Waals surface area contributed by atoms with Crippen LogP contribution in [0.25, 0.3) is 0 Å². The van der Waals surface area contributed by atoms with Gasteiger partial charge in [-0.2, -0.15) is 9.49 Å². The second-order valence-corrected chi connectivity index (χ2v) is 10.0. The lowest BCUT2D eigenvalue weighted by Crippen LogP contribution is -2.51. The van der Waals surface area contributed by atoms with Gasteiger partial charge in [-0.1, -0.05) is 6.07 Å². The Morgan fingerprint density at radius 2 is 1.91 bits per heavy atom. The van der Waals surface area contributed by atoms with Crippen LogP contribution in [-0.4, -0.2) is 45.5 Å². The number of carbonyl (C=O) groups excluding carboxylic acids is 2. The summed E-state index contributed by atoms with van der Waals surface area (Å²) in [6.45, 7) is 5.39. The smallest absolute Gasteiger partial charge is 0.408 e. The number of pyridine rings is 1. The molecule has 10 heteroatoms. The summed E-state index contributed by atoms with van der Waals surface area (Å²) in [6.07, 6.45) is 6.31. The van der Waals surface area contributed by atoms with Crippen molar-refractivity contribution in [2.45, 2.75) is 64.6 Å². The molecule has 1 atom stereocenters. The van der Waals surface area contributed by atoms with E-state index < -0.39 is 29.6 Å². The van der Waals surface area contributed by atoms with Crippen LogP contribution < -0.4 is 15.4 Å². The third-order valence-corrected chi connectivity index (χ3v) is 6.07. The summed E-state index contributed by atoms with van der Waals surface area (Å²) in [6, 6.07) is 2.68. The molecule has 2 aromatic heterocycles. The SMILES string of the molecule is COc1ncccc1Cn1ncc(NC(=O)[C@@H](NC(=O)OC(C)(C)C)C(C2CC2)C2CC2)c1F. The maximum atomic E-state index is 15.1. The predicted octanol–water partition coefficient (Wildman–Crippen LogP) is 3.74. The second-order valence-electron chi connectivity index (χ2n) is 10.0. The van der Waals surface area contributed by atoms with Crippen LogP contribution in [0, 0.1) is 23.7 Å². The zero-order valence-electron chi connectivity index (χ0n) is 20.0. The van der Waals surface area contributed by atoms with Gasteiger partial charge in [-0.25, -0.2) is 14.5 Å². The highest BCUT2D eigenvalue weighted by Crippen LogP contribution is 2.51. The summed E-state index contributed by atoms with van der Waals surface area (Å²) in [7, 11) is 1.49. The molecule has 2 amide bonds. The molecule has 2 aliphatic rings. The van der Waals surface area contributed by atoms with E-state index in [1.807, 2.05) is 0 Å². The number of hydrogen-bond donors (Lipinski definition) is 2. The van der Waals surface area contributed by atoms with E-state index in [2.05, 4.69) is 20.7 Å². The summed E-state index contributed by atoms with van der Waals surface area (Å²) in [5.74, 6) is -0.0176. The molecule has 2 fully saturated rings. The van der Waals surface area contributed by atoms with E-state index in [-0.39, 0.29) is 18.2 Å². The molecular formula is C24H32FN5O4. The highest BCUT2D eigenvalue weighted by atomic mass is 19.1. The van der Waals surface area contributed by atoms with Crippen LogP contribution in [0.4, 0.5) is 14.9 Å². The molecule has 0 unspecified atom stereocenters. The molecule has 0 radical (unpaired) electrons. The number of nitrogens with zero attached hydrogens (tertiary/aromatic N) is 3. The van der Waals surface area contributed by atoms with Crippen LogP contribution in [0.15, 0.2) is 24.5 Å². The number of carbonyl (C=O) groups is 2. The van der Waals surface area contributed by atoms with Gasteiger partial charge in [0, 0.05) is 11.8 Å². The zero-order valence-corrected chi connectivity index (χ0v) is 20.0. The maximum absolute atomic E-state index is 15.1. The van der Waals surface area contributed by atoms with E-state index in [9.17, 15) is 9.59 Å². The summed E-state index contributed by atoms with van der Waals surface area (Å²) in [5.41, 5.74) is -0.0912. The fraction of sp³-hybridized carbons (Fsp3) is 0.583. The van der Waals surface area contributed by atoms with Gasteiger partial charge in [0.15, 0.2) is 0 Å². The van der Waals surface area contributed by atoms with Crippen molar-refractivity contribution in [2.75, 3.05) is 12.4 Å². The number of methoxy groups -OCH3 is 1. The summed E-state index contributed by atoms with van der Waals surface area (Å²) in [5, 5.41) is 9.49. The number of amides is 2. The number of hydrogen-bond acceptors (Lipinski definition) is 6. The minimum Gasteiger partial charge on any atom is -0.481 e. The van der Waals surface area contributed by atoms with Crippen molar-refractivity contribution in [3.63, 3.8) is 0 Å². The third-order valence-electron chi connectivity index (χ3n) is 6.07. The first-order valence-electron chi connectivity index (χ1n) is 11.7. The van der Waals surface area contributed by atoms with E-state index in [0.29, 0.717) is 23.3 Å². The van der Waals surface area contributed by atoms with Crippen LogP contribution in [0.3, 0.4) is 0 Å². The zero-order chi connectivity index (χ0) is 24.5. The average Bonchev–Trinajstić information content (AvgIpc) is 3.69. The van der Waals surface area contributed by atoms with Crippen molar-refractivity contribution in [3.8, 4) is 5.88 Å². The summed E-state index contributed by atoms with van der Waals surface area (Å²) >= 11 is 0. The van der Waals surface area contributed by atoms with Crippen LogP contribution in [-0.2, 0) is 16.1 Å². The van der Waals surface area contributed by atoms with Crippen molar-refractivity contribution in [2.24, 2.45) is 17.8 Å². The molecule has 0 spiro atoms. The Kier molecular flexibility index (Phi) is 6.77. The number of nitrogens with one attached hydrogen (secondary N) is 2. The van der Waals surface area contributed by atoms with Crippen LogP contribution in [0.5, 0.6) is 5.88 Å². The first-order chi connectivity index (χ1) is 16.2. The van der Waals surface area contributed by atoms with Crippen molar-refractivity contribution in [1.29, 1.82) is 0 Å². The van der Waals surface area contributed by atoms with Gasteiger partial charge in [0.1, 0.15) is 17.3 Å². The fourth-order valence-corrected chi connectivity index (χ4v) is 4.33. The molecule has 0 aliphatic heterocycles. The molecule has 184 valence electrons. The second kappa shape index (κ2) is 9.60. The highest BCUT2D eigenvalue weighted by molar-refractivity contribution is 5.96. The maximum Gasteiger partial charge on any atom is 0.408 e. The lowest BCUT2D eigenvalue weighted by Gasteiger charge is -2.28. The molecule has 9 nitrogen and oxygen atoms in total. The molecule has 2 heterocycles. The van der Waals surface area contributed by atoms with Crippen LogP contribution in [0.2, 0.25) is 0 Å². The first kappa shape index (κ1) is 24.0. The molecule has 2 aromatic rings. The van der Waals surface area contributed by atoms with Gasteiger partial charge < -0.3 is 20.1 Å². The fourth-order valence-electron chi connectivity index (χ4n) is 4.33. The number of ether oxygens (including phenoxy) is 2. The molecular weight excluding hydrogens is 441 g/mol. The van der Waals surface area contributed by atoms with Crippen molar-refractivity contribution in [1.82, 2.24) is 20.1 Å². The Bertz CT molecular complexity index is 1030. The third kappa shape index (κ3) is 5.84. The number of halogens is 1. The van der Waals surface area contributed by atoms with Gasteiger partial charge in [-0.05, 0) is 70.3 Å².